The monoisotopic (exact) mass is 375 g/mol. The van der Waals surface area contributed by atoms with Crippen LogP contribution in [0.5, 0.6) is 5.75 Å². The average molecular weight is 376 g/mol. The number of nitrogens with one attached hydrogen (secondary N) is 2. The summed E-state index contributed by atoms with van der Waals surface area (Å²) in [5, 5.41) is 5.29. The predicted octanol–water partition coefficient (Wildman–Crippen LogP) is 4.07. The Morgan fingerprint density at radius 2 is 1.75 bits per heavy atom. The van der Waals surface area contributed by atoms with Crippen LogP contribution in [0.15, 0.2) is 54.6 Å². The highest BCUT2D eigenvalue weighted by Crippen LogP contribution is 2.40. The summed E-state index contributed by atoms with van der Waals surface area (Å²) in [5.41, 5.74) is 4.41. The Morgan fingerprint density at radius 3 is 2.61 bits per heavy atom. The third-order valence-electron chi connectivity index (χ3n) is 6.47. The van der Waals surface area contributed by atoms with Gasteiger partial charge in [0.25, 0.3) is 0 Å². The van der Waals surface area contributed by atoms with E-state index in [-0.39, 0.29) is 5.54 Å². The number of hydrogen-bond acceptors (Lipinski definition) is 3. The predicted molar refractivity (Wildman–Crippen MR) is 114 cm³/mol. The van der Waals surface area contributed by atoms with Crippen LogP contribution in [0.2, 0.25) is 0 Å². The second-order valence-electron chi connectivity index (χ2n) is 8.14. The number of H-pyrrole nitrogens is 1. The molecule has 2 aliphatic heterocycles. The lowest BCUT2D eigenvalue weighted by molar-refractivity contribution is 0.120. The molecule has 0 atom stereocenters. The molecule has 5 rings (SSSR count). The van der Waals surface area contributed by atoms with E-state index in [9.17, 15) is 0 Å². The highest BCUT2D eigenvalue weighted by molar-refractivity contribution is 5.85. The first-order valence-electron chi connectivity index (χ1n) is 10.6. The van der Waals surface area contributed by atoms with Crippen molar-refractivity contribution in [3.63, 3.8) is 0 Å². The van der Waals surface area contributed by atoms with Gasteiger partial charge in [-0.3, -0.25) is 0 Å². The first kappa shape index (κ1) is 17.8. The zero-order valence-corrected chi connectivity index (χ0v) is 16.4. The lowest BCUT2D eigenvalue weighted by Crippen LogP contribution is -2.54. The molecular weight excluding hydrogens is 346 g/mol. The standard InChI is InChI=1S/C24H29N3O/c1-2-7-19(8-3-1)28-18-6-15-27-16-12-24(13-17-27)23-21(11-14-25-24)20-9-4-5-10-22(20)26-23/h1-5,7-10,25-26H,6,11-18H2. The smallest absolute Gasteiger partial charge is 0.119 e. The number of rotatable bonds is 5. The molecule has 2 aliphatic rings. The fourth-order valence-corrected chi connectivity index (χ4v) is 4.96. The van der Waals surface area contributed by atoms with Gasteiger partial charge in [0.05, 0.1) is 12.1 Å². The van der Waals surface area contributed by atoms with Crippen molar-refractivity contribution in [3.05, 3.63) is 65.9 Å². The number of aromatic amines is 1. The molecule has 1 saturated heterocycles. The minimum atomic E-state index is 0.129. The molecule has 1 fully saturated rings. The van der Waals surface area contributed by atoms with Crippen LogP contribution >= 0.6 is 0 Å². The highest BCUT2D eigenvalue weighted by Gasteiger charge is 2.40. The molecular formula is C24H29N3O. The quantitative estimate of drug-likeness (QED) is 0.661. The molecule has 0 unspecified atom stereocenters. The van der Waals surface area contributed by atoms with E-state index in [1.807, 2.05) is 30.3 Å². The van der Waals surface area contributed by atoms with E-state index < -0.39 is 0 Å². The average Bonchev–Trinajstić information content (AvgIpc) is 3.14. The van der Waals surface area contributed by atoms with Crippen molar-refractivity contribution < 1.29 is 4.74 Å². The van der Waals surface area contributed by atoms with Gasteiger partial charge in [0.1, 0.15) is 5.75 Å². The molecule has 2 N–H and O–H groups in total. The Labute approximate surface area is 166 Å². The van der Waals surface area contributed by atoms with Gasteiger partial charge in [-0.2, -0.15) is 0 Å². The zero-order chi connectivity index (χ0) is 18.8. The number of fused-ring (bicyclic) bond motifs is 4. The molecule has 4 nitrogen and oxygen atoms in total. The highest BCUT2D eigenvalue weighted by atomic mass is 16.5. The summed E-state index contributed by atoms with van der Waals surface area (Å²) in [6.07, 6.45) is 4.55. The molecule has 0 radical (unpaired) electrons. The van der Waals surface area contributed by atoms with E-state index in [0.29, 0.717) is 0 Å². The number of piperidine rings is 1. The molecule has 0 saturated carbocycles. The summed E-state index contributed by atoms with van der Waals surface area (Å²) in [6, 6.07) is 18.9. The van der Waals surface area contributed by atoms with Crippen molar-refractivity contribution in [2.45, 2.75) is 31.2 Å². The zero-order valence-electron chi connectivity index (χ0n) is 16.4. The van der Waals surface area contributed by atoms with Crippen LogP contribution in [0.3, 0.4) is 0 Å². The number of benzene rings is 2. The van der Waals surface area contributed by atoms with Crippen molar-refractivity contribution in [1.82, 2.24) is 15.2 Å². The van der Waals surface area contributed by atoms with Crippen LogP contribution in [0.1, 0.15) is 30.5 Å². The van der Waals surface area contributed by atoms with Gasteiger partial charge in [0.2, 0.25) is 0 Å². The Morgan fingerprint density at radius 1 is 0.964 bits per heavy atom. The molecule has 146 valence electrons. The van der Waals surface area contributed by atoms with Crippen LogP contribution in [0.25, 0.3) is 10.9 Å². The van der Waals surface area contributed by atoms with Crippen molar-refractivity contribution in [3.8, 4) is 5.75 Å². The fraction of sp³-hybridized carbons (Fsp3) is 0.417. The van der Waals surface area contributed by atoms with E-state index in [0.717, 1.165) is 51.4 Å². The molecule has 28 heavy (non-hydrogen) atoms. The van der Waals surface area contributed by atoms with Crippen LogP contribution in [-0.4, -0.2) is 42.7 Å². The normalized spacial score (nSPS) is 19.0. The second-order valence-corrected chi connectivity index (χ2v) is 8.14. The molecule has 3 aromatic rings. The molecule has 0 bridgehead atoms. The van der Waals surface area contributed by atoms with Crippen LogP contribution in [0.4, 0.5) is 0 Å². The van der Waals surface area contributed by atoms with Gasteiger partial charge in [-0.1, -0.05) is 36.4 Å². The number of nitrogens with zero attached hydrogens (tertiary/aromatic N) is 1. The molecule has 0 amide bonds. The Bertz CT molecular complexity index is 925. The van der Waals surface area contributed by atoms with Gasteiger partial charge in [-0.05, 0) is 49.4 Å². The van der Waals surface area contributed by atoms with Gasteiger partial charge in [0, 0.05) is 42.8 Å². The summed E-state index contributed by atoms with van der Waals surface area (Å²) >= 11 is 0. The van der Waals surface area contributed by atoms with Crippen LogP contribution in [0, 0.1) is 0 Å². The summed E-state index contributed by atoms with van der Waals surface area (Å²) < 4.78 is 5.84. The maximum Gasteiger partial charge on any atom is 0.119 e. The molecule has 2 aromatic carbocycles. The van der Waals surface area contributed by atoms with E-state index in [4.69, 9.17) is 4.74 Å². The molecule has 3 heterocycles. The van der Waals surface area contributed by atoms with Crippen molar-refractivity contribution in [2.24, 2.45) is 0 Å². The summed E-state index contributed by atoms with van der Waals surface area (Å²) in [4.78, 5) is 6.36. The van der Waals surface area contributed by atoms with Gasteiger partial charge >= 0.3 is 0 Å². The fourth-order valence-electron chi connectivity index (χ4n) is 4.96. The topological polar surface area (TPSA) is 40.3 Å². The number of likely N-dealkylation sites (tertiary alicyclic amines) is 1. The maximum atomic E-state index is 5.84. The van der Waals surface area contributed by atoms with Crippen molar-refractivity contribution >= 4 is 10.9 Å². The van der Waals surface area contributed by atoms with E-state index in [1.165, 1.54) is 29.4 Å². The first-order chi connectivity index (χ1) is 13.8. The van der Waals surface area contributed by atoms with Crippen LogP contribution < -0.4 is 10.1 Å². The number of aromatic nitrogens is 1. The second kappa shape index (κ2) is 7.61. The van der Waals surface area contributed by atoms with Gasteiger partial charge in [-0.15, -0.1) is 0 Å². The van der Waals surface area contributed by atoms with E-state index in [1.54, 1.807) is 5.56 Å². The summed E-state index contributed by atoms with van der Waals surface area (Å²) in [6.45, 7) is 5.28. The maximum absolute atomic E-state index is 5.84. The third-order valence-corrected chi connectivity index (χ3v) is 6.47. The Kier molecular flexibility index (Phi) is 4.83. The molecule has 4 heteroatoms. The first-order valence-corrected chi connectivity index (χ1v) is 10.6. The van der Waals surface area contributed by atoms with Crippen molar-refractivity contribution in [2.75, 3.05) is 32.8 Å². The summed E-state index contributed by atoms with van der Waals surface area (Å²) in [7, 11) is 0. The number of para-hydroxylation sites is 2. The number of ether oxygens (including phenoxy) is 1. The third kappa shape index (κ3) is 3.31. The largest absolute Gasteiger partial charge is 0.494 e. The van der Waals surface area contributed by atoms with E-state index >= 15 is 0 Å². The Hall–Kier alpha value is -2.30. The van der Waals surface area contributed by atoms with Gasteiger partial charge < -0.3 is 19.9 Å². The van der Waals surface area contributed by atoms with Crippen LogP contribution in [-0.2, 0) is 12.0 Å². The SMILES string of the molecule is c1ccc(OCCCN2CCC3(CC2)NCCc2c3[nH]c3ccccc23)cc1. The van der Waals surface area contributed by atoms with Gasteiger partial charge in [-0.25, -0.2) is 0 Å². The lowest BCUT2D eigenvalue weighted by atomic mass is 9.79. The number of hydrogen-bond donors (Lipinski definition) is 2. The summed E-state index contributed by atoms with van der Waals surface area (Å²) in [5.74, 6) is 0.970. The molecule has 1 aromatic heterocycles. The minimum Gasteiger partial charge on any atom is -0.494 e. The lowest BCUT2D eigenvalue weighted by Gasteiger charge is -2.45. The Balaban J connectivity index is 1.19. The van der Waals surface area contributed by atoms with Gasteiger partial charge in [0.15, 0.2) is 0 Å². The minimum absolute atomic E-state index is 0.129. The molecule has 0 aliphatic carbocycles. The van der Waals surface area contributed by atoms with E-state index in [2.05, 4.69) is 39.5 Å². The van der Waals surface area contributed by atoms with Crippen molar-refractivity contribution in [1.29, 1.82) is 0 Å². The molecule has 1 spiro atoms.